The molecule has 1 saturated heterocycles. The Morgan fingerprint density at radius 2 is 2.53 bits per heavy atom. The molecule has 0 aliphatic carbocycles. The lowest BCUT2D eigenvalue weighted by molar-refractivity contribution is 0.0560. The van der Waals surface area contributed by atoms with Crippen molar-refractivity contribution in [2.45, 2.75) is 18.9 Å². The second kappa shape index (κ2) is 6.33. The lowest BCUT2D eigenvalue weighted by Gasteiger charge is -2.14. The minimum Gasteiger partial charge on any atom is -0.474 e. The van der Waals surface area contributed by atoms with Crippen LogP contribution in [0.25, 0.3) is 6.08 Å². The van der Waals surface area contributed by atoms with Gasteiger partial charge in [-0.3, -0.25) is 0 Å². The normalized spacial score (nSPS) is 18.1. The molecule has 5 heteroatoms. The zero-order valence-corrected chi connectivity index (χ0v) is 10.9. The molecule has 0 saturated carbocycles. The standard InChI is InChI=1S/C14H17NO4/c1-3-10-6-7-15-13(12(10)14(16)17-2)19-9-11-5-4-8-18-11/h3,6-7,11H,1,4-5,8-9H2,2H3. The molecule has 1 unspecified atom stereocenters. The number of esters is 1. The molecule has 1 aromatic rings. The van der Waals surface area contributed by atoms with Crippen LogP contribution in [0.15, 0.2) is 18.8 Å². The van der Waals surface area contributed by atoms with Crippen molar-refractivity contribution in [3.63, 3.8) is 0 Å². The number of methoxy groups -OCH3 is 1. The molecule has 0 bridgehead atoms. The SMILES string of the molecule is C=Cc1ccnc(OCC2CCCO2)c1C(=O)OC. The third-order valence-corrected chi connectivity index (χ3v) is 2.99. The van der Waals surface area contributed by atoms with Crippen molar-refractivity contribution in [3.05, 3.63) is 30.0 Å². The molecule has 2 rings (SSSR count). The molecule has 0 spiro atoms. The highest BCUT2D eigenvalue weighted by molar-refractivity contribution is 5.95. The van der Waals surface area contributed by atoms with Crippen LogP contribution in [-0.2, 0) is 9.47 Å². The topological polar surface area (TPSA) is 57.7 Å². The van der Waals surface area contributed by atoms with Crippen molar-refractivity contribution in [2.75, 3.05) is 20.3 Å². The second-order valence-corrected chi connectivity index (χ2v) is 4.22. The van der Waals surface area contributed by atoms with Crippen molar-refractivity contribution in [2.24, 2.45) is 0 Å². The van der Waals surface area contributed by atoms with Gasteiger partial charge in [0.25, 0.3) is 0 Å². The summed E-state index contributed by atoms with van der Waals surface area (Å²) in [7, 11) is 1.33. The van der Waals surface area contributed by atoms with E-state index in [-0.39, 0.29) is 12.0 Å². The Balaban J connectivity index is 2.17. The number of carbonyl (C=O) groups excluding carboxylic acids is 1. The van der Waals surface area contributed by atoms with Crippen molar-refractivity contribution in [1.82, 2.24) is 4.98 Å². The summed E-state index contributed by atoms with van der Waals surface area (Å²) in [6.45, 7) is 4.82. The number of aromatic nitrogens is 1. The molecule has 19 heavy (non-hydrogen) atoms. The summed E-state index contributed by atoms with van der Waals surface area (Å²) in [5.41, 5.74) is 0.946. The highest BCUT2D eigenvalue weighted by Gasteiger charge is 2.21. The maximum absolute atomic E-state index is 11.8. The number of pyridine rings is 1. The predicted molar refractivity (Wildman–Crippen MR) is 70.1 cm³/mol. The fourth-order valence-corrected chi connectivity index (χ4v) is 1.99. The van der Waals surface area contributed by atoms with Crippen LogP contribution >= 0.6 is 0 Å². The first-order valence-electron chi connectivity index (χ1n) is 6.20. The number of hydrogen-bond donors (Lipinski definition) is 0. The van der Waals surface area contributed by atoms with Gasteiger partial charge in [0, 0.05) is 12.8 Å². The van der Waals surface area contributed by atoms with E-state index in [0.29, 0.717) is 17.7 Å². The second-order valence-electron chi connectivity index (χ2n) is 4.22. The van der Waals surface area contributed by atoms with Crippen LogP contribution in [0, 0.1) is 0 Å². The lowest BCUT2D eigenvalue weighted by Crippen LogP contribution is -2.18. The van der Waals surface area contributed by atoms with E-state index >= 15 is 0 Å². The van der Waals surface area contributed by atoms with Gasteiger partial charge in [0.05, 0.1) is 13.2 Å². The summed E-state index contributed by atoms with van der Waals surface area (Å²) in [4.78, 5) is 15.9. The Labute approximate surface area is 112 Å². The van der Waals surface area contributed by atoms with Gasteiger partial charge in [-0.15, -0.1) is 0 Å². The van der Waals surface area contributed by atoms with Crippen LogP contribution in [0.1, 0.15) is 28.8 Å². The van der Waals surface area contributed by atoms with Crippen LogP contribution in [0.3, 0.4) is 0 Å². The highest BCUT2D eigenvalue weighted by atomic mass is 16.5. The summed E-state index contributed by atoms with van der Waals surface area (Å²) in [6, 6.07) is 1.69. The third-order valence-electron chi connectivity index (χ3n) is 2.99. The molecule has 0 amide bonds. The summed E-state index contributed by atoms with van der Waals surface area (Å²) >= 11 is 0. The Hall–Kier alpha value is -1.88. The molecule has 1 aliphatic rings. The van der Waals surface area contributed by atoms with E-state index in [2.05, 4.69) is 11.6 Å². The molecule has 102 valence electrons. The Kier molecular flexibility index (Phi) is 4.52. The smallest absolute Gasteiger partial charge is 0.344 e. The van der Waals surface area contributed by atoms with E-state index in [9.17, 15) is 4.79 Å². The molecule has 0 aromatic carbocycles. The number of rotatable bonds is 5. The van der Waals surface area contributed by atoms with Gasteiger partial charge >= 0.3 is 5.97 Å². The minimum absolute atomic E-state index is 0.0692. The first-order chi connectivity index (χ1) is 9.26. The van der Waals surface area contributed by atoms with Crippen LogP contribution in [-0.4, -0.2) is 37.4 Å². The van der Waals surface area contributed by atoms with Gasteiger partial charge in [0.2, 0.25) is 5.88 Å². The first-order valence-corrected chi connectivity index (χ1v) is 6.20. The molecule has 1 aromatic heterocycles. The zero-order chi connectivity index (χ0) is 13.7. The number of carbonyl (C=O) groups is 1. The molecule has 1 atom stereocenters. The van der Waals surface area contributed by atoms with E-state index in [1.807, 2.05) is 0 Å². The molecular weight excluding hydrogens is 246 g/mol. The fraction of sp³-hybridized carbons (Fsp3) is 0.429. The largest absolute Gasteiger partial charge is 0.474 e. The van der Waals surface area contributed by atoms with E-state index in [1.165, 1.54) is 7.11 Å². The Bertz CT molecular complexity index is 467. The summed E-state index contributed by atoms with van der Waals surface area (Å²) in [6.07, 6.45) is 5.23. The number of nitrogens with zero attached hydrogens (tertiary/aromatic N) is 1. The summed E-state index contributed by atoms with van der Waals surface area (Å²) < 4.78 is 15.8. The predicted octanol–water partition coefficient (Wildman–Crippen LogP) is 2.07. The van der Waals surface area contributed by atoms with Gasteiger partial charge in [0.15, 0.2) is 0 Å². The van der Waals surface area contributed by atoms with Crippen LogP contribution in [0.4, 0.5) is 0 Å². The van der Waals surface area contributed by atoms with Crippen LogP contribution < -0.4 is 4.74 Å². The number of hydrogen-bond acceptors (Lipinski definition) is 5. The minimum atomic E-state index is -0.481. The van der Waals surface area contributed by atoms with Gasteiger partial charge in [-0.1, -0.05) is 12.7 Å². The van der Waals surface area contributed by atoms with E-state index in [4.69, 9.17) is 14.2 Å². The molecule has 2 heterocycles. The Morgan fingerprint density at radius 1 is 1.68 bits per heavy atom. The monoisotopic (exact) mass is 263 g/mol. The highest BCUT2D eigenvalue weighted by Crippen LogP contribution is 2.23. The lowest BCUT2D eigenvalue weighted by atomic mass is 10.1. The van der Waals surface area contributed by atoms with Crippen molar-refractivity contribution >= 4 is 12.0 Å². The quantitative estimate of drug-likeness (QED) is 0.761. The van der Waals surface area contributed by atoms with Gasteiger partial charge in [-0.05, 0) is 24.5 Å². The molecule has 1 aliphatic heterocycles. The maximum atomic E-state index is 11.8. The molecule has 0 N–H and O–H groups in total. The molecule has 1 fully saturated rings. The number of ether oxygens (including phenoxy) is 3. The summed E-state index contributed by atoms with van der Waals surface area (Å²) in [5, 5.41) is 0. The first kappa shape index (κ1) is 13.5. The van der Waals surface area contributed by atoms with Gasteiger partial charge < -0.3 is 14.2 Å². The third kappa shape index (κ3) is 3.12. The molecule has 5 nitrogen and oxygen atoms in total. The maximum Gasteiger partial charge on any atom is 0.344 e. The average molecular weight is 263 g/mol. The van der Waals surface area contributed by atoms with Crippen molar-refractivity contribution in [1.29, 1.82) is 0 Å². The van der Waals surface area contributed by atoms with Gasteiger partial charge in [-0.2, -0.15) is 0 Å². The average Bonchev–Trinajstić information content (AvgIpc) is 2.97. The van der Waals surface area contributed by atoms with Gasteiger partial charge in [-0.25, -0.2) is 9.78 Å². The fourth-order valence-electron chi connectivity index (χ4n) is 1.99. The van der Waals surface area contributed by atoms with E-state index < -0.39 is 5.97 Å². The molecule has 0 radical (unpaired) electrons. The van der Waals surface area contributed by atoms with Crippen LogP contribution in [0.5, 0.6) is 5.88 Å². The van der Waals surface area contributed by atoms with Crippen molar-refractivity contribution < 1.29 is 19.0 Å². The Morgan fingerprint density at radius 3 is 3.16 bits per heavy atom. The van der Waals surface area contributed by atoms with E-state index in [1.54, 1.807) is 18.3 Å². The zero-order valence-electron chi connectivity index (χ0n) is 10.9. The van der Waals surface area contributed by atoms with Crippen molar-refractivity contribution in [3.8, 4) is 5.88 Å². The van der Waals surface area contributed by atoms with E-state index in [0.717, 1.165) is 19.4 Å². The molecular formula is C14H17NO4. The summed E-state index contributed by atoms with van der Waals surface area (Å²) in [5.74, 6) is -0.218. The van der Waals surface area contributed by atoms with Gasteiger partial charge in [0.1, 0.15) is 12.2 Å². The van der Waals surface area contributed by atoms with Crippen LogP contribution in [0.2, 0.25) is 0 Å².